The minimum Gasteiger partial charge on any atom is -0.312 e. The lowest BCUT2D eigenvalue weighted by molar-refractivity contribution is -0.118. The number of rotatable bonds is 6. The lowest BCUT2D eigenvalue weighted by Gasteiger charge is -2.22. The Kier molecular flexibility index (Phi) is 6.60. The van der Waals surface area contributed by atoms with Crippen molar-refractivity contribution in [2.75, 3.05) is 11.4 Å². The van der Waals surface area contributed by atoms with Crippen LogP contribution in [-0.4, -0.2) is 26.9 Å². The predicted octanol–water partition coefficient (Wildman–Crippen LogP) is 4.58. The van der Waals surface area contributed by atoms with Crippen molar-refractivity contribution in [3.05, 3.63) is 58.1 Å². The number of benzene rings is 2. The summed E-state index contributed by atoms with van der Waals surface area (Å²) in [7, 11) is -3.49. The van der Waals surface area contributed by atoms with E-state index >= 15 is 0 Å². The lowest BCUT2D eigenvalue weighted by Crippen LogP contribution is -2.36. The van der Waals surface area contributed by atoms with Crippen LogP contribution in [0.5, 0.6) is 0 Å². The van der Waals surface area contributed by atoms with Crippen molar-refractivity contribution in [1.29, 1.82) is 0 Å². The van der Waals surface area contributed by atoms with Gasteiger partial charge >= 0.3 is 0 Å². The van der Waals surface area contributed by atoms with E-state index in [1.165, 1.54) is 12.0 Å². The van der Waals surface area contributed by atoms with Crippen molar-refractivity contribution < 1.29 is 13.2 Å². The molecule has 4 rings (SSSR count). The zero-order valence-corrected chi connectivity index (χ0v) is 19.3. The highest BCUT2D eigenvalue weighted by molar-refractivity contribution is 9.10. The van der Waals surface area contributed by atoms with Crippen molar-refractivity contribution in [1.82, 2.24) is 4.72 Å². The standard InChI is InChI=1S/C23H27BrN2O3S/c24-19-9-12-22-18(16-19)14-15-26(22)23(27)13-8-17-6-10-21(11-7-17)30(28,29)25-20-4-2-1-3-5-20/h6-7,9-12,16,20,25H,1-5,8,13-15H2. The number of hydrogen-bond acceptors (Lipinski definition) is 3. The Morgan fingerprint density at radius 2 is 1.80 bits per heavy atom. The molecule has 1 aliphatic heterocycles. The zero-order chi connectivity index (χ0) is 21.1. The van der Waals surface area contributed by atoms with Gasteiger partial charge in [0.05, 0.1) is 4.90 Å². The van der Waals surface area contributed by atoms with E-state index in [1.54, 1.807) is 12.1 Å². The maximum Gasteiger partial charge on any atom is 0.240 e. The Morgan fingerprint density at radius 1 is 1.07 bits per heavy atom. The van der Waals surface area contributed by atoms with Crippen LogP contribution in [0.3, 0.4) is 0 Å². The number of anilines is 1. The van der Waals surface area contributed by atoms with Gasteiger partial charge in [0.2, 0.25) is 15.9 Å². The molecule has 1 heterocycles. The molecule has 7 heteroatoms. The molecule has 1 N–H and O–H groups in total. The second kappa shape index (κ2) is 9.20. The van der Waals surface area contributed by atoms with E-state index in [0.717, 1.165) is 47.8 Å². The van der Waals surface area contributed by atoms with E-state index in [1.807, 2.05) is 29.2 Å². The fraction of sp³-hybridized carbons (Fsp3) is 0.435. The minimum absolute atomic E-state index is 0.0463. The largest absolute Gasteiger partial charge is 0.312 e. The molecule has 2 aromatic carbocycles. The highest BCUT2D eigenvalue weighted by Gasteiger charge is 2.25. The van der Waals surface area contributed by atoms with Gasteiger partial charge in [0.25, 0.3) is 0 Å². The summed E-state index contributed by atoms with van der Waals surface area (Å²) in [6.07, 6.45) is 7.05. The summed E-state index contributed by atoms with van der Waals surface area (Å²) in [6.45, 7) is 0.717. The van der Waals surface area contributed by atoms with Gasteiger partial charge in [0.1, 0.15) is 0 Å². The van der Waals surface area contributed by atoms with Gasteiger partial charge in [-0.2, -0.15) is 0 Å². The minimum atomic E-state index is -3.49. The van der Waals surface area contributed by atoms with Crippen LogP contribution >= 0.6 is 15.9 Å². The number of amides is 1. The van der Waals surface area contributed by atoms with Crippen LogP contribution in [0.4, 0.5) is 5.69 Å². The summed E-state index contributed by atoms with van der Waals surface area (Å²) in [5, 5.41) is 0. The fourth-order valence-electron chi connectivity index (χ4n) is 4.36. The third-order valence-electron chi connectivity index (χ3n) is 6.03. The van der Waals surface area contributed by atoms with E-state index in [9.17, 15) is 13.2 Å². The molecule has 30 heavy (non-hydrogen) atoms. The third kappa shape index (κ3) is 4.95. The molecule has 0 unspecified atom stereocenters. The van der Waals surface area contributed by atoms with Crippen molar-refractivity contribution in [3.8, 4) is 0 Å². The van der Waals surface area contributed by atoms with E-state index in [0.29, 0.717) is 24.3 Å². The van der Waals surface area contributed by atoms with Gasteiger partial charge in [-0.3, -0.25) is 4.79 Å². The first-order valence-corrected chi connectivity index (χ1v) is 12.9. The molecule has 0 atom stereocenters. The smallest absolute Gasteiger partial charge is 0.240 e. The molecule has 1 aliphatic carbocycles. The molecule has 1 amide bonds. The molecule has 0 bridgehead atoms. The number of halogens is 1. The van der Waals surface area contributed by atoms with Gasteiger partial charge in [-0.15, -0.1) is 0 Å². The van der Waals surface area contributed by atoms with Crippen molar-refractivity contribution in [2.45, 2.75) is 62.3 Å². The molecule has 0 saturated heterocycles. The number of nitrogens with one attached hydrogen (secondary N) is 1. The lowest BCUT2D eigenvalue weighted by atomic mass is 9.96. The average Bonchev–Trinajstić information content (AvgIpc) is 3.16. The monoisotopic (exact) mass is 490 g/mol. The molecule has 160 valence electrons. The van der Waals surface area contributed by atoms with Crippen LogP contribution in [0, 0.1) is 0 Å². The van der Waals surface area contributed by atoms with Gasteiger partial charge in [0.15, 0.2) is 0 Å². The summed E-state index contributed by atoms with van der Waals surface area (Å²) in [5.74, 6) is 0.103. The highest BCUT2D eigenvalue weighted by Crippen LogP contribution is 2.31. The number of nitrogens with zero attached hydrogens (tertiary/aromatic N) is 1. The average molecular weight is 491 g/mol. The number of carbonyl (C=O) groups excluding carboxylic acids is 1. The maximum atomic E-state index is 12.7. The topological polar surface area (TPSA) is 66.5 Å². The molecule has 2 aliphatic rings. The SMILES string of the molecule is O=C(CCc1ccc(S(=O)(=O)NC2CCCCC2)cc1)N1CCc2cc(Br)ccc21. The van der Waals surface area contributed by atoms with Crippen LogP contribution in [0.25, 0.3) is 0 Å². The maximum absolute atomic E-state index is 12.7. The van der Waals surface area contributed by atoms with Gasteiger partial charge in [-0.1, -0.05) is 47.3 Å². The molecular formula is C23H27BrN2O3S. The second-order valence-corrected chi connectivity index (χ2v) is 10.8. The summed E-state index contributed by atoms with van der Waals surface area (Å²) >= 11 is 3.48. The first kappa shape index (κ1) is 21.5. The number of hydrogen-bond donors (Lipinski definition) is 1. The summed E-state index contributed by atoms with van der Waals surface area (Å²) < 4.78 is 29.1. The Hall–Kier alpha value is -1.70. The van der Waals surface area contributed by atoms with E-state index in [2.05, 4.69) is 26.7 Å². The van der Waals surface area contributed by atoms with Crippen LogP contribution in [0.15, 0.2) is 51.8 Å². The number of aryl methyl sites for hydroxylation is 1. The third-order valence-corrected chi connectivity index (χ3v) is 8.06. The molecule has 0 spiro atoms. The van der Waals surface area contributed by atoms with Crippen LogP contribution in [0.1, 0.15) is 49.7 Å². The normalized spacial score (nSPS) is 17.2. The van der Waals surface area contributed by atoms with E-state index in [-0.39, 0.29) is 11.9 Å². The van der Waals surface area contributed by atoms with Crippen molar-refractivity contribution in [3.63, 3.8) is 0 Å². The quantitative estimate of drug-likeness (QED) is 0.643. The molecule has 0 radical (unpaired) electrons. The van der Waals surface area contributed by atoms with Gasteiger partial charge < -0.3 is 4.90 Å². The summed E-state index contributed by atoms with van der Waals surface area (Å²) in [5.41, 5.74) is 3.16. The van der Waals surface area contributed by atoms with Crippen molar-refractivity contribution in [2.24, 2.45) is 0 Å². The molecule has 5 nitrogen and oxygen atoms in total. The van der Waals surface area contributed by atoms with E-state index < -0.39 is 10.0 Å². The number of carbonyl (C=O) groups is 1. The Bertz CT molecular complexity index is 1020. The second-order valence-electron chi connectivity index (χ2n) is 8.17. The summed E-state index contributed by atoms with van der Waals surface area (Å²) in [4.78, 5) is 14.9. The first-order chi connectivity index (χ1) is 14.4. The molecular weight excluding hydrogens is 464 g/mol. The number of sulfonamides is 1. The first-order valence-electron chi connectivity index (χ1n) is 10.6. The molecule has 1 saturated carbocycles. The fourth-order valence-corrected chi connectivity index (χ4v) is 6.07. The van der Waals surface area contributed by atoms with Gasteiger partial charge in [-0.05, 0) is 67.1 Å². The van der Waals surface area contributed by atoms with Crippen LogP contribution in [-0.2, 0) is 27.7 Å². The molecule has 1 fully saturated rings. The van der Waals surface area contributed by atoms with Crippen LogP contribution in [0.2, 0.25) is 0 Å². The van der Waals surface area contributed by atoms with Crippen molar-refractivity contribution >= 4 is 37.5 Å². The van der Waals surface area contributed by atoms with E-state index in [4.69, 9.17) is 0 Å². The molecule has 0 aromatic heterocycles. The predicted molar refractivity (Wildman–Crippen MR) is 122 cm³/mol. The van der Waals surface area contributed by atoms with Crippen LogP contribution < -0.4 is 9.62 Å². The van der Waals surface area contributed by atoms with Gasteiger partial charge in [-0.25, -0.2) is 13.1 Å². The zero-order valence-electron chi connectivity index (χ0n) is 16.9. The number of fused-ring (bicyclic) bond motifs is 1. The Morgan fingerprint density at radius 3 is 2.53 bits per heavy atom. The Labute approximate surface area is 187 Å². The van der Waals surface area contributed by atoms with Gasteiger partial charge in [0, 0.05) is 29.2 Å². The Balaban J connectivity index is 1.34. The highest BCUT2D eigenvalue weighted by atomic mass is 79.9. The molecule has 2 aromatic rings. The summed E-state index contributed by atoms with van der Waals surface area (Å²) in [6, 6.07) is 13.0.